The summed E-state index contributed by atoms with van der Waals surface area (Å²) in [5.74, 6) is 0.977. The predicted molar refractivity (Wildman–Crippen MR) is 71.6 cm³/mol. The van der Waals surface area contributed by atoms with E-state index in [0.717, 1.165) is 0 Å². The number of carbonyl (C=O) groups is 1. The Morgan fingerprint density at radius 1 is 1.15 bits per heavy atom. The Labute approximate surface area is 114 Å². The molecule has 2 rings (SSSR count). The fraction of sp³-hybridized carbons (Fsp3) is 0.0714. The van der Waals surface area contributed by atoms with Gasteiger partial charge in [0.2, 0.25) is 0 Å². The molecule has 0 saturated carbocycles. The quantitative estimate of drug-likeness (QED) is 0.475. The highest BCUT2D eigenvalue weighted by molar-refractivity contribution is 5.75. The van der Waals surface area contributed by atoms with E-state index in [4.69, 9.17) is 9.47 Å². The number of non-ortho nitro benzene ring substituents is 1. The number of nitro groups is 1. The van der Waals surface area contributed by atoms with Crippen molar-refractivity contribution in [3.05, 3.63) is 58.1 Å². The third-order valence-corrected chi connectivity index (χ3v) is 2.58. The number of nitrogens with zero attached hydrogens (tertiary/aromatic N) is 1. The maximum absolute atomic E-state index is 10.8. The summed E-state index contributed by atoms with van der Waals surface area (Å²) in [7, 11) is 1.44. The molecule has 2 aromatic carbocycles. The zero-order valence-electron chi connectivity index (χ0n) is 10.6. The van der Waals surface area contributed by atoms with Gasteiger partial charge in [0.15, 0.2) is 11.5 Å². The van der Waals surface area contributed by atoms with Gasteiger partial charge in [-0.3, -0.25) is 14.9 Å². The number of hydrogen-bond donors (Lipinski definition) is 0. The molecule has 0 aliphatic rings. The third kappa shape index (κ3) is 2.92. The van der Waals surface area contributed by atoms with Crippen LogP contribution >= 0.6 is 0 Å². The minimum atomic E-state index is -0.520. The van der Waals surface area contributed by atoms with Crippen LogP contribution in [0.25, 0.3) is 0 Å². The van der Waals surface area contributed by atoms with Gasteiger partial charge in [-0.25, -0.2) is 0 Å². The van der Waals surface area contributed by atoms with E-state index in [9.17, 15) is 14.9 Å². The largest absolute Gasteiger partial charge is 0.493 e. The molecule has 0 aliphatic carbocycles. The summed E-state index contributed by atoms with van der Waals surface area (Å²) in [4.78, 5) is 21.0. The van der Waals surface area contributed by atoms with Gasteiger partial charge in [-0.05, 0) is 18.2 Å². The van der Waals surface area contributed by atoms with Crippen molar-refractivity contribution < 1.29 is 19.2 Å². The molecule has 0 N–H and O–H groups in total. The molecule has 20 heavy (non-hydrogen) atoms. The van der Waals surface area contributed by atoms with Gasteiger partial charge >= 0.3 is 0 Å². The fourth-order valence-electron chi connectivity index (χ4n) is 1.64. The first-order valence-corrected chi connectivity index (χ1v) is 5.69. The minimum Gasteiger partial charge on any atom is -0.493 e. The lowest BCUT2D eigenvalue weighted by molar-refractivity contribution is -0.384. The molecule has 102 valence electrons. The molecule has 0 saturated heterocycles. The Balaban J connectivity index is 2.37. The number of ether oxygens (including phenoxy) is 2. The first-order valence-electron chi connectivity index (χ1n) is 5.69. The SMILES string of the molecule is COc1ccc([N+](=O)[O-])cc1Oc1cccc(C=O)c1. The second-order valence-corrected chi connectivity index (χ2v) is 3.88. The molecule has 0 amide bonds. The lowest BCUT2D eigenvalue weighted by Crippen LogP contribution is -1.94. The van der Waals surface area contributed by atoms with Crippen LogP contribution in [0.15, 0.2) is 42.5 Å². The van der Waals surface area contributed by atoms with E-state index in [-0.39, 0.29) is 11.4 Å². The van der Waals surface area contributed by atoms with Gasteiger partial charge in [-0.1, -0.05) is 12.1 Å². The van der Waals surface area contributed by atoms with Gasteiger partial charge in [0, 0.05) is 11.6 Å². The minimum absolute atomic E-state index is 0.104. The number of nitro benzene ring substituents is 1. The van der Waals surface area contributed by atoms with Crippen molar-refractivity contribution in [2.45, 2.75) is 0 Å². The summed E-state index contributed by atoms with van der Waals surface area (Å²) < 4.78 is 10.6. The van der Waals surface area contributed by atoms with Crippen LogP contribution in [-0.2, 0) is 0 Å². The first-order chi connectivity index (χ1) is 9.63. The Bertz CT molecular complexity index is 654. The smallest absolute Gasteiger partial charge is 0.273 e. The summed E-state index contributed by atoms with van der Waals surface area (Å²) in [6.45, 7) is 0. The highest BCUT2D eigenvalue weighted by Crippen LogP contribution is 2.34. The van der Waals surface area contributed by atoms with Crippen LogP contribution in [0.3, 0.4) is 0 Å². The number of carbonyl (C=O) groups excluding carboxylic acids is 1. The normalized spacial score (nSPS) is 9.85. The summed E-state index contributed by atoms with van der Waals surface area (Å²) in [5, 5.41) is 10.8. The molecule has 0 aliphatic heterocycles. The zero-order valence-corrected chi connectivity index (χ0v) is 10.6. The van der Waals surface area contributed by atoms with Gasteiger partial charge in [-0.15, -0.1) is 0 Å². The molecule has 0 fully saturated rings. The lowest BCUT2D eigenvalue weighted by atomic mass is 10.2. The van der Waals surface area contributed by atoms with Crippen molar-refractivity contribution in [1.29, 1.82) is 0 Å². The molecule has 0 aromatic heterocycles. The standard InChI is InChI=1S/C14H11NO5/c1-19-13-6-5-11(15(17)18)8-14(13)20-12-4-2-3-10(7-12)9-16/h2-9H,1H3. The van der Waals surface area contributed by atoms with Gasteiger partial charge in [0.1, 0.15) is 12.0 Å². The molecule has 0 atom stereocenters. The maximum atomic E-state index is 10.8. The number of rotatable bonds is 5. The van der Waals surface area contributed by atoms with Crippen LogP contribution in [0, 0.1) is 10.1 Å². The molecule has 2 aromatic rings. The second kappa shape index (κ2) is 5.83. The molecule has 6 heteroatoms. The summed E-state index contributed by atoms with van der Waals surface area (Å²) >= 11 is 0. The molecule has 0 unspecified atom stereocenters. The number of benzene rings is 2. The predicted octanol–water partition coefficient (Wildman–Crippen LogP) is 3.21. The topological polar surface area (TPSA) is 78.7 Å². The molecular formula is C14H11NO5. The maximum Gasteiger partial charge on any atom is 0.273 e. The van der Waals surface area contributed by atoms with Crippen molar-refractivity contribution in [1.82, 2.24) is 0 Å². The van der Waals surface area contributed by atoms with Crippen molar-refractivity contribution in [3.8, 4) is 17.2 Å². The monoisotopic (exact) mass is 273 g/mol. The van der Waals surface area contributed by atoms with Gasteiger partial charge in [0.25, 0.3) is 5.69 Å². The molecule has 0 bridgehead atoms. The molecule has 0 spiro atoms. The summed E-state index contributed by atoms with van der Waals surface area (Å²) in [6, 6.07) is 10.5. The van der Waals surface area contributed by atoms with Crippen LogP contribution in [0.2, 0.25) is 0 Å². The average molecular weight is 273 g/mol. The van der Waals surface area contributed by atoms with E-state index >= 15 is 0 Å². The van der Waals surface area contributed by atoms with E-state index in [1.165, 1.54) is 31.4 Å². The van der Waals surface area contributed by atoms with Crippen molar-refractivity contribution in [2.75, 3.05) is 7.11 Å². The average Bonchev–Trinajstić information content (AvgIpc) is 2.47. The molecule has 6 nitrogen and oxygen atoms in total. The number of hydrogen-bond acceptors (Lipinski definition) is 5. The van der Waals surface area contributed by atoms with E-state index in [0.29, 0.717) is 23.3 Å². The van der Waals surface area contributed by atoms with Gasteiger partial charge in [-0.2, -0.15) is 0 Å². The lowest BCUT2D eigenvalue weighted by Gasteiger charge is -2.10. The third-order valence-electron chi connectivity index (χ3n) is 2.58. The Morgan fingerprint density at radius 3 is 2.60 bits per heavy atom. The highest BCUT2D eigenvalue weighted by atomic mass is 16.6. The van der Waals surface area contributed by atoms with E-state index in [1.807, 2.05) is 0 Å². The van der Waals surface area contributed by atoms with Crippen LogP contribution in [-0.4, -0.2) is 18.3 Å². The molecule has 0 heterocycles. The van der Waals surface area contributed by atoms with Crippen LogP contribution < -0.4 is 9.47 Å². The highest BCUT2D eigenvalue weighted by Gasteiger charge is 2.13. The van der Waals surface area contributed by atoms with Crippen LogP contribution in [0.4, 0.5) is 5.69 Å². The molecule has 0 radical (unpaired) electrons. The first kappa shape index (κ1) is 13.5. The van der Waals surface area contributed by atoms with Crippen LogP contribution in [0.5, 0.6) is 17.2 Å². The van der Waals surface area contributed by atoms with Gasteiger partial charge < -0.3 is 9.47 Å². The van der Waals surface area contributed by atoms with Crippen molar-refractivity contribution in [2.24, 2.45) is 0 Å². The number of aldehydes is 1. The summed E-state index contributed by atoms with van der Waals surface area (Å²) in [6.07, 6.45) is 0.692. The Kier molecular flexibility index (Phi) is 3.95. The number of methoxy groups -OCH3 is 1. The van der Waals surface area contributed by atoms with Crippen LogP contribution in [0.1, 0.15) is 10.4 Å². The Morgan fingerprint density at radius 2 is 1.95 bits per heavy atom. The Hall–Kier alpha value is -2.89. The van der Waals surface area contributed by atoms with E-state index < -0.39 is 4.92 Å². The van der Waals surface area contributed by atoms with E-state index in [1.54, 1.807) is 18.2 Å². The molecular weight excluding hydrogens is 262 g/mol. The zero-order chi connectivity index (χ0) is 14.5. The van der Waals surface area contributed by atoms with Crippen molar-refractivity contribution >= 4 is 12.0 Å². The summed E-state index contributed by atoms with van der Waals surface area (Å²) in [5.41, 5.74) is 0.347. The van der Waals surface area contributed by atoms with E-state index in [2.05, 4.69) is 0 Å². The fourth-order valence-corrected chi connectivity index (χ4v) is 1.64. The second-order valence-electron chi connectivity index (χ2n) is 3.88. The van der Waals surface area contributed by atoms with Crippen molar-refractivity contribution in [3.63, 3.8) is 0 Å². The van der Waals surface area contributed by atoms with Gasteiger partial charge in [0.05, 0.1) is 18.1 Å².